The van der Waals surface area contributed by atoms with E-state index in [2.05, 4.69) is 21.2 Å². The van der Waals surface area contributed by atoms with E-state index in [0.29, 0.717) is 26.5 Å². The SMILES string of the molecule is COc1cc(/C=C(\C#N)C(=O)Nc2cccc(Cl)c2)cc(Br)c1OCC(N)=O. The normalized spacial score (nSPS) is 10.7. The van der Waals surface area contributed by atoms with E-state index in [-0.39, 0.29) is 17.9 Å². The number of benzene rings is 2. The summed E-state index contributed by atoms with van der Waals surface area (Å²) in [5.74, 6) is -0.647. The quantitative estimate of drug-likeness (QED) is 0.480. The van der Waals surface area contributed by atoms with Gasteiger partial charge in [0.25, 0.3) is 11.8 Å². The number of carbonyl (C=O) groups excluding carboxylic acids is 2. The molecule has 7 nitrogen and oxygen atoms in total. The van der Waals surface area contributed by atoms with Crippen LogP contribution in [0.5, 0.6) is 11.5 Å². The van der Waals surface area contributed by atoms with Crippen molar-refractivity contribution >= 4 is 51.1 Å². The average Bonchev–Trinajstić information content (AvgIpc) is 2.64. The summed E-state index contributed by atoms with van der Waals surface area (Å²) in [6.07, 6.45) is 1.39. The Morgan fingerprint density at radius 1 is 1.36 bits per heavy atom. The lowest BCUT2D eigenvalue weighted by molar-refractivity contribution is -0.120. The number of hydrogen-bond acceptors (Lipinski definition) is 5. The Kier molecular flexibility index (Phi) is 7.44. The molecule has 0 spiro atoms. The molecular formula is C19H15BrClN3O4. The molecule has 0 aliphatic heterocycles. The predicted molar refractivity (Wildman–Crippen MR) is 109 cm³/mol. The molecule has 0 saturated carbocycles. The number of nitrogens with two attached hydrogens (primary N) is 1. The molecule has 144 valence electrons. The van der Waals surface area contributed by atoms with Gasteiger partial charge in [-0.05, 0) is 57.9 Å². The number of halogens is 2. The zero-order valence-corrected chi connectivity index (χ0v) is 17.0. The number of ether oxygens (including phenoxy) is 2. The summed E-state index contributed by atoms with van der Waals surface area (Å²) in [6.45, 7) is -0.324. The van der Waals surface area contributed by atoms with Crippen molar-refractivity contribution < 1.29 is 19.1 Å². The maximum absolute atomic E-state index is 12.4. The first-order chi connectivity index (χ1) is 13.3. The van der Waals surface area contributed by atoms with Crippen LogP contribution in [0.3, 0.4) is 0 Å². The van der Waals surface area contributed by atoms with Crippen LogP contribution >= 0.6 is 27.5 Å². The number of methoxy groups -OCH3 is 1. The lowest BCUT2D eigenvalue weighted by atomic mass is 10.1. The number of primary amides is 1. The first-order valence-electron chi connectivity index (χ1n) is 7.81. The molecule has 0 fully saturated rings. The minimum atomic E-state index is -0.637. The molecule has 0 aromatic heterocycles. The zero-order chi connectivity index (χ0) is 20.7. The number of nitrogens with one attached hydrogen (secondary N) is 1. The molecule has 2 rings (SSSR count). The number of hydrogen-bond donors (Lipinski definition) is 2. The van der Waals surface area contributed by atoms with Gasteiger partial charge in [0, 0.05) is 10.7 Å². The van der Waals surface area contributed by atoms with E-state index in [9.17, 15) is 14.9 Å². The summed E-state index contributed by atoms with van der Waals surface area (Å²) in [7, 11) is 1.42. The van der Waals surface area contributed by atoms with Gasteiger partial charge < -0.3 is 20.5 Å². The molecule has 2 amide bonds. The molecule has 3 N–H and O–H groups in total. The number of nitriles is 1. The largest absolute Gasteiger partial charge is 0.493 e. The van der Waals surface area contributed by atoms with E-state index in [0.717, 1.165) is 0 Å². The van der Waals surface area contributed by atoms with Gasteiger partial charge in [0.2, 0.25) is 0 Å². The molecule has 0 aliphatic rings. The molecular weight excluding hydrogens is 450 g/mol. The fourth-order valence-electron chi connectivity index (χ4n) is 2.19. The molecule has 0 bridgehead atoms. The Hall–Kier alpha value is -3.02. The van der Waals surface area contributed by atoms with Crippen LogP contribution in [0.15, 0.2) is 46.4 Å². The third kappa shape index (κ3) is 5.74. The highest BCUT2D eigenvalue weighted by Gasteiger charge is 2.15. The van der Waals surface area contributed by atoms with E-state index < -0.39 is 11.8 Å². The molecule has 0 radical (unpaired) electrons. The smallest absolute Gasteiger partial charge is 0.266 e. The maximum atomic E-state index is 12.4. The zero-order valence-electron chi connectivity index (χ0n) is 14.7. The van der Waals surface area contributed by atoms with E-state index in [1.165, 1.54) is 13.2 Å². The van der Waals surface area contributed by atoms with Crippen molar-refractivity contribution in [1.29, 1.82) is 5.26 Å². The van der Waals surface area contributed by atoms with Gasteiger partial charge in [-0.2, -0.15) is 5.26 Å². The third-order valence-corrected chi connectivity index (χ3v) is 4.19. The number of amides is 2. The molecule has 0 unspecified atom stereocenters. The van der Waals surface area contributed by atoms with Crippen molar-refractivity contribution in [3.8, 4) is 17.6 Å². The summed E-state index contributed by atoms with van der Waals surface area (Å²) >= 11 is 9.21. The lowest BCUT2D eigenvalue weighted by Crippen LogP contribution is -2.20. The van der Waals surface area contributed by atoms with Crippen LogP contribution in [0.25, 0.3) is 6.08 Å². The monoisotopic (exact) mass is 463 g/mol. The van der Waals surface area contributed by atoms with Crippen molar-refractivity contribution in [3.05, 3.63) is 57.0 Å². The van der Waals surface area contributed by atoms with E-state index in [1.54, 1.807) is 36.4 Å². The highest BCUT2D eigenvalue weighted by atomic mass is 79.9. The first-order valence-corrected chi connectivity index (χ1v) is 8.98. The van der Waals surface area contributed by atoms with Crippen LogP contribution in [0, 0.1) is 11.3 Å². The summed E-state index contributed by atoms with van der Waals surface area (Å²) in [6, 6.07) is 11.6. The van der Waals surface area contributed by atoms with Crippen LogP contribution in [0.4, 0.5) is 5.69 Å². The standard InChI is InChI=1S/C19H15BrClN3O4/c1-27-16-7-11(6-15(20)18(16)28-10-17(23)25)5-12(9-22)19(26)24-14-4-2-3-13(21)8-14/h2-8H,10H2,1H3,(H2,23,25)(H,24,26)/b12-5+. The minimum absolute atomic E-state index is 0.125. The summed E-state index contributed by atoms with van der Waals surface area (Å²) in [5.41, 5.74) is 5.93. The summed E-state index contributed by atoms with van der Waals surface area (Å²) < 4.78 is 11.0. The van der Waals surface area contributed by atoms with E-state index in [1.807, 2.05) is 6.07 Å². The van der Waals surface area contributed by atoms with E-state index >= 15 is 0 Å². The van der Waals surface area contributed by atoms with Gasteiger partial charge in [-0.3, -0.25) is 9.59 Å². The van der Waals surface area contributed by atoms with Crippen LogP contribution in [0.2, 0.25) is 5.02 Å². The van der Waals surface area contributed by atoms with Crippen molar-refractivity contribution in [2.24, 2.45) is 5.73 Å². The third-order valence-electron chi connectivity index (χ3n) is 3.37. The van der Waals surface area contributed by atoms with Gasteiger partial charge in [0.05, 0.1) is 11.6 Å². The Morgan fingerprint density at radius 2 is 2.11 bits per heavy atom. The molecule has 0 atom stereocenters. The minimum Gasteiger partial charge on any atom is -0.493 e. The van der Waals surface area contributed by atoms with Crippen LogP contribution < -0.4 is 20.5 Å². The molecule has 0 saturated heterocycles. The maximum Gasteiger partial charge on any atom is 0.266 e. The lowest BCUT2D eigenvalue weighted by Gasteiger charge is -2.12. The highest BCUT2D eigenvalue weighted by Crippen LogP contribution is 2.37. The van der Waals surface area contributed by atoms with Gasteiger partial charge in [0.1, 0.15) is 11.6 Å². The van der Waals surface area contributed by atoms with Crippen molar-refractivity contribution in [1.82, 2.24) is 0 Å². The number of nitrogens with zero attached hydrogens (tertiary/aromatic N) is 1. The molecule has 9 heteroatoms. The van der Waals surface area contributed by atoms with Crippen LogP contribution in [0.1, 0.15) is 5.56 Å². The van der Waals surface area contributed by atoms with Gasteiger partial charge >= 0.3 is 0 Å². The van der Waals surface area contributed by atoms with Crippen molar-refractivity contribution in [3.63, 3.8) is 0 Å². The molecule has 28 heavy (non-hydrogen) atoms. The second kappa shape index (κ2) is 9.78. The second-order valence-electron chi connectivity index (χ2n) is 5.42. The second-order valence-corrected chi connectivity index (χ2v) is 6.71. The Balaban J connectivity index is 2.30. The van der Waals surface area contributed by atoms with Crippen molar-refractivity contribution in [2.75, 3.05) is 19.0 Å². The Morgan fingerprint density at radius 3 is 2.71 bits per heavy atom. The number of carbonyl (C=O) groups is 2. The van der Waals surface area contributed by atoms with Gasteiger partial charge in [-0.1, -0.05) is 17.7 Å². The Bertz CT molecular complexity index is 986. The fraction of sp³-hybridized carbons (Fsp3) is 0.105. The Labute approximate surface area is 174 Å². The van der Waals surface area contributed by atoms with Crippen LogP contribution in [-0.4, -0.2) is 25.5 Å². The predicted octanol–water partition coefficient (Wildman–Crippen LogP) is 3.52. The average molecular weight is 465 g/mol. The molecule has 0 heterocycles. The number of anilines is 1. The van der Waals surface area contributed by atoms with Crippen molar-refractivity contribution in [2.45, 2.75) is 0 Å². The molecule has 2 aromatic rings. The topological polar surface area (TPSA) is 114 Å². The first kappa shape index (κ1) is 21.3. The summed E-state index contributed by atoms with van der Waals surface area (Å²) in [5, 5.41) is 12.4. The van der Waals surface area contributed by atoms with Crippen LogP contribution in [-0.2, 0) is 9.59 Å². The van der Waals surface area contributed by atoms with Gasteiger partial charge in [0.15, 0.2) is 18.1 Å². The highest BCUT2D eigenvalue weighted by molar-refractivity contribution is 9.10. The summed E-state index contributed by atoms with van der Waals surface area (Å²) in [4.78, 5) is 23.3. The van der Waals surface area contributed by atoms with E-state index in [4.69, 9.17) is 26.8 Å². The fourth-order valence-corrected chi connectivity index (χ4v) is 2.95. The van der Waals surface area contributed by atoms with Gasteiger partial charge in [-0.25, -0.2) is 0 Å². The van der Waals surface area contributed by atoms with Gasteiger partial charge in [-0.15, -0.1) is 0 Å². The number of rotatable bonds is 7. The molecule has 2 aromatic carbocycles. The molecule has 0 aliphatic carbocycles.